The Morgan fingerprint density at radius 2 is 1.89 bits per heavy atom. The lowest BCUT2D eigenvalue weighted by Crippen LogP contribution is -2.34. The molecule has 106 valence electrons. The highest BCUT2D eigenvalue weighted by molar-refractivity contribution is 5.41. The number of nitrogens with two attached hydrogens (primary N) is 1. The average Bonchev–Trinajstić information content (AvgIpc) is 2.95. The van der Waals surface area contributed by atoms with Gasteiger partial charge in [-0.05, 0) is 50.1 Å². The van der Waals surface area contributed by atoms with Gasteiger partial charge in [0.2, 0.25) is 0 Å². The molecule has 1 saturated carbocycles. The van der Waals surface area contributed by atoms with Crippen molar-refractivity contribution in [1.82, 2.24) is 4.90 Å². The molecule has 0 radical (unpaired) electrons. The summed E-state index contributed by atoms with van der Waals surface area (Å²) in [6.45, 7) is 5.36. The topological polar surface area (TPSA) is 38.5 Å². The first-order valence-electron chi connectivity index (χ1n) is 7.52. The largest absolute Gasteiger partial charge is 0.494 e. The van der Waals surface area contributed by atoms with E-state index in [0.717, 1.165) is 43.6 Å². The molecule has 0 saturated heterocycles. The maximum Gasteiger partial charge on any atom is 0.119 e. The summed E-state index contributed by atoms with van der Waals surface area (Å²) in [7, 11) is 0. The minimum Gasteiger partial charge on any atom is -0.494 e. The molecule has 19 heavy (non-hydrogen) atoms. The highest BCUT2D eigenvalue weighted by Crippen LogP contribution is 2.23. The summed E-state index contributed by atoms with van der Waals surface area (Å²) >= 11 is 0. The molecule has 0 unspecified atom stereocenters. The summed E-state index contributed by atoms with van der Waals surface area (Å²) in [5.74, 6) is 0.915. The first-order chi connectivity index (χ1) is 9.29. The molecule has 0 spiro atoms. The second-order valence-electron chi connectivity index (χ2n) is 5.34. The van der Waals surface area contributed by atoms with Crippen LogP contribution in [-0.2, 0) is 0 Å². The number of benzene rings is 1. The van der Waals surface area contributed by atoms with Crippen molar-refractivity contribution in [1.29, 1.82) is 0 Å². The van der Waals surface area contributed by atoms with Crippen molar-refractivity contribution in [3.8, 4) is 5.75 Å². The molecule has 2 N–H and O–H groups in total. The van der Waals surface area contributed by atoms with Crippen LogP contribution in [0.5, 0.6) is 5.75 Å². The fourth-order valence-corrected chi connectivity index (χ4v) is 2.89. The Hall–Kier alpha value is -1.22. The number of rotatable bonds is 7. The number of anilines is 1. The average molecular weight is 262 g/mol. The molecule has 0 atom stereocenters. The van der Waals surface area contributed by atoms with Gasteiger partial charge in [-0.2, -0.15) is 0 Å². The molecular weight excluding hydrogens is 236 g/mol. The lowest BCUT2D eigenvalue weighted by Gasteiger charge is -2.27. The summed E-state index contributed by atoms with van der Waals surface area (Å²) in [6, 6.07) is 8.45. The van der Waals surface area contributed by atoms with Crippen molar-refractivity contribution in [2.45, 2.75) is 45.1 Å². The van der Waals surface area contributed by atoms with Crippen LogP contribution in [0.4, 0.5) is 5.69 Å². The third kappa shape index (κ3) is 4.43. The molecule has 0 bridgehead atoms. The Morgan fingerprint density at radius 3 is 2.53 bits per heavy atom. The van der Waals surface area contributed by atoms with E-state index >= 15 is 0 Å². The van der Waals surface area contributed by atoms with Crippen LogP contribution in [0.15, 0.2) is 24.3 Å². The van der Waals surface area contributed by atoms with Gasteiger partial charge in [-0.15, -0.1) is 0 Å². The monoisotopic (exact) mass is 262 g/mol. The number of hydrogen-bond donors (Lipinski definition) is 1. The predicted molar refractivity (Wildman–Crippen MR) is 80.5 cm³/mol. The zero-order valence-corrected chi connectivity index (χ0v) is 12.0. The number of ether oxygens (including phenoxy) is 1. The van der Waals surface area contributed by atoms with E-state index in [4.69, 9.17) is 10.5 Å². The molecule has 1 aliphatic rings. The van der Waals surface area contributed by atoms with Crippen LogP contribution in [0.2, 0.25) is 0 Å². The van der Waals surface area contributed by atoms with Gasteiger partial charge >= 0.3 is 0 Å². The zero-order chi connectivity index (χ0) is 13.5. The van der Waals surface area contributed by atoms with E-state index in [9.17, 15) is 0 Å². The number of nitrogen functional groups attached to an aromatic ring is 1. The molecule has 1 fully saturated rings. The highest BCUT2D eigenvalue weighted by atomic mass is 16.5. The summed E-state index contributed by atoms with van der Waals surface area (Å²) in [5.41, 5.74) is 6.43. The third-order valence-corrected chi connectivity index (χ3v) is 3.99. The van der Waals surface area contributed by atoms with Gasteiger partial charge in [-0.1, -0.05) is 19.8 Å². The fraction of sp³-hybridized carbons (Fsp3) is 0.625. The normalized spacial score (nSPS) is 16.1. The van der Waals surface area contributed by atoms with Gasteiger partial charge in [0.25, 0.3) is 0 Å². The van der Waals surface area contributed by atoms with Crippen molar-refractivity contribution < 1.29 is 4.74 Å². The highest BCUT2D eigenvalue weighted by Gasteiger charge is 2.20. The van der Waals surface area contributed by atoms with Crippen LogP contribution in [0, 0.1) is 0 Å². The van der Waals surface area contributed by atoms with E-state index in [0.29, 0.717) is 0 Å². The molecule has 1 aliphatic carbocycles. The summed E-state index contributed by atoms with van der Waals surface area (Å²) in [5, 5.41) is 0. The van der Waals surface area contributed by atoms with Crippen molar-refractivity contribution in [2.75, 3.05) is 25.4 Å². The molecule has 2 rings (SSSR count). The van der Waals surface area contributed by atoms with Gasteiger partial charge in [-0.3, -0.25) is 0 Å². The number of hydrogen-bond acceptors (Lipinski definition) is 3. The van der Waals surface area contributed by atoms with E-state index in [2.05, 4.69) is 11.8 Å². The van der Waals surface area contributed by atoms with Crippen LogP contribution in [0.1, 0.15) is 39.0 Å². The smallest absolute Gasteiger partial charge is 0.119 e. The van der Waals surface area contributed by atoms with Crippen LogP contribution in [-0.4, -0.2) is 30.6 Å². The van der Waals surface area contributed by atoms with E-state index in [-0.39, 0.29) is 0 Å². The molecule has 0 aliphatic heterocycles. The molecule has 0 heterocycles. The Kier molecular flexibility index (Phi) is 5.52. The standard InChI is InChI=1S/C16H26N2O/c1-2-18(15-6-3-4-7-15)12-5-13-19-16-10-8-14(17)9-11-16/h8-11,15H,2-7,12-13,17H2,1H3. The Balaban J connectivity index is 1.66. The molecule has 3 nitrogen and oxygen atoms in total. The molecule has 1 aromatic rings. The Morgan fingerprint density at radius 1 is 1.21 bits per heavy atom. The van der Waals surface area contributed by atoms with Crippen LogP contribution < -0.4 is 10.5 Å². The second kappa shape index (κ2) is 7.39. The van der Waals surface area contributed by atoms with Gasteiger partial charge in [-0.25, -0.2) is 0 Å². The number of nitrogens with zero attached hydrogens (tertiary/aromatic N) is 1. The fourth-order valence-electron chi connectivity index (χ4n) is 2.89. The maximum atomic E-state index is 5.74. The Labute approximate surface area is 116 Å². The van der Waals surface area contributed by atoms with Gasteiger partial charge in [0, 0.05) is 18.3 Å². The van der Waals surface area contributed by atoms with Crippen molar-refractivity contribution >= 4 is 5.69 Å². The Bertz CT molecular complexity index is 358. The lowest BCUT2D eigenvalue weighted by atomic mass is 10.2. The van der Waals surface area contributed by atoms with E-state index in [1.165, 1.54) is 25.7 Å². The van der Waals surface area contributed by atoms with Gasteiger partial charge < -0.3 is 15.4 Å². The summed E-state index contributed by atoms with van der Waals surface area (Å²) in [4.78, 5) is 2.61. The quantitative estimate of drug-likeness (QED) is 0.605. The van der Waals surface area contributed by atoms with Crippen LogP contribution in [0.3, 0.4) is 0 Å². The van der Waals surface area contributed by atoms with E-state index in [1.54, 1.807) is 0 Å². The summed E-state index contributed by atoms with van der Waals surface area (Å²) < 4.78 is 5.74. The first kappa shape index (κ1) is 14.2. The molecule has 3 heteroatoms. The molecular formula is C16H26N2O. The van der Waals surface area contributed by atoms with Crippen LogP contribution in [0.25, 0.3) is 0 Å². The molecule has 0 amide bonds. The van der Waals surface area contributed by atoms with Crippen molar-refractivity contribution in [2.24, 2.45) is 0 Å². The minimum atomic E-state index is 0.783. The van der Waals surface area contributed by atoms with Crippen molar-refractivity contribution in [3.05, 3.63) is 24.3 Å². The van der Waals surface area contributed by atoms with Gasteiger partial charge in [0.05, 0.1) is 6.61 Å². The van der Waals surface area contributed by atoms with E-state index in [1.807, 2.05) is 24.3 Å². The first-order valence-corrected chi connectivity index (χ1v) is 7.52. The second-order valence-corrected chi connectivity index (χ2v) is 5.34. The minimum absolute atomic E-state index is 0.783. The zero-order valence-electron chi connectivity index (χ0n) is 12.0. The van der Waals surface area contributed by atoms with Gasteiger partial charge in [0.15, 0.2) is 0 Å². The maximum absolute atomic E-state index is 5.74. The molecule has 0 aromatic heterocycles. The van der Waals surface area contributed by atoms with E-state index < -0.39 is 0 Å². The third-order valence-electron chi connectivity index (χ3n) is 3.99. The SMILES string of the molecule is CCN(CCCOc1ccc(N)cc1)C1CCCC1. The van der Waals surface area contributed by atoms with Crippen LogP contribution >= 0.6 is 0 Å². The lowest BCUT2D eigenvalue weighted by molar-refractivity contribution is 0.188. The predicted octanol–water partition coefficient (Wildman–Crippen LogP) is 3.30. The molecule has 1 aromatic carbocycles. The van der Waals surface area contributed by atoms with Crippen molar-refractivity contribution in [3.63, 3.8) is 0 Å². The summed E-state index contributed by atoms with van der Waals surface area (Å²) in [6.07, 6.45) is 6.67. The van der Waals surface area contributed by atoms with Gasteiger partial charge in [0.1, 0.15) is 5.75 Å².